The fraction of sp³-hybridized carbons (Fsp3) is 0.176. The molecule has 25 heavy (non-hydrogen) atoms. The van der Waals surface area contributed by atoms with Crippen LogP contribution in [-0.2, 0) is 9.59 Å². The summed E-state index contributed by atoms with van der Waals surface area (Å²) in [5, 5.41) is 13.6. The summed E-state index contributed by atoms with van der Waals surface area (Å²) in [6.07, 6.45) is 0.264. The topological polar surface area (TPSA) is 115 Å². The summed E-state index contributed by atoms with van der Waals surface area (Å²) in [7, 11) is 0. The number of hydrogen-bond acceptors (Lipinski definition) is 5. The number of hydrogen-bond donors (Lipinski definition) is 2. The summed E-state index contributed by atoms with van der Waals surface area (Å²) < 4.78 is 0.441. The monoisotopic (exact) mass is 405 g/mol. The third kappa shape index (κ3) is 4.49. The van der Waals surface area contributed by atoms with E-state index < -0.39 is 16.9 Å². The van der Waals surface area contributed by atoms with Crippen LogP contribution in [0.1, 0.15) is 23.1 Å². The van der Waals surface area contributed by atoms with Gasteiger partial charge in [0.05, 0.1) is 11.6 Å². The molecule has 0 saturated heterocycles. The van der Waals surface area contributed by atoms with Crippen LogP contribution in [-0.4, -0.2) is 23.7 Å². The molecule has 2 atom stereocenters. The first-order valence-corrected chi connectivity index (χ1v) is 8.21. The number of carbonyl (C=O) groups is 2. The SMILES string of the molecule is NCC(C(=O)Nc1ccc(C(C=O)[N+](=O)[O-])cc1Br)c1ccccc1. The van der Waals surface area contributed by atoms with Crippen molar-refractivity contribution in [2.75, 3.05) is 11.9 Å². The molecule has 2 aromatic rings. The fourth-order valence-electron chi connectivity index (χ4n) is 2.37. The van der Waals surface area contributed by atoms with Crippen molar-refractivity contribution in [2.24, 2.45) is 5.73 Å². The Morgan fingerprint density at radius 1 is 1.24 bits per heavy atom. The fourth-order valence-corrected chi connectivity index (χ4v) is 2.86. The molecule has 0 aromatic heterocycles. The Labute approximate surface area is 152 Å². The number of nitrogens with zero attached hydrogens (tertiary/aromatic N) is 1. The number of halogens is 1. The van der Waals surface area contributed by atoms with E-state index in [2.05, 4.69) is 21.2 Å². The number of nitrogens with one attached hydrogen (secondary N) is 1. The minimum atomic E-state index is -1.44. The second kappa shape index (κ2) is 8.50. The van der Waals surface area contributed by atoms with Gasteiger partial charge in [0.25, 0.3) is 6.04 Å². The van der Waals surface area contributed by atoms with Gasteiger partial charge in [0.15, 0.2) is 6.29 Å². The Hall–Kier alpha value is -2.58. The van der Waals surface area contributed by atoms with Gasteiger partial charge < -0.3 is 11.1 Å². The standard InChI is InChI=1S/C17H16BrN3O4/c18-14-8-12(16(10-22)21(24)25)6-7-15(14)20-17(23)13(9-19)11-4-2-1-3-5-11/h1-8,10,13,16H,9,19H2,(H,20,23). The Kier molecular flexibility index (Phi) is 6.37. The first-order valence-electron chi connectivity index (χ1n) is 7.42. The van der Waals surface area contributed by atoms with Gasteiger partial charge in [0.2, 0.25) is 5.91 Å². The molecular formula is C17H16BrN3O4. The number of aldehydes is 1. The predicted molar refractivity (Wildman–Crippen MR) is 96.8 cm³/mol. The number of benzene rings is 2. The molecular weight excluding hydrogens is 390 g/mol. The number of rotatable bonds is 7. The van der Waals surface area contributed by atoms with Crippen LogP contribution in [0.25, 0.3) is 0 Å². The maximum absolute atomic E-state index is 12.5. The smallest absolute Gasteiger partial charge is 0.292 e. The maximum Gasteiger partial charge on any atom is 0.292 e. The van der Waals surface area contributed by atoms with E-state index >= 15 is 0 Å². The van der Waals surface area contributed by atoms with E-state index in [1.54, 1.807) is 0 Å². The molecule has 0 heterocycles. The summed E-state index contributed by atoms with van der Waals surface area (Å²) in [6, 6.07) is 12.1. The van der Waals surface area contributed by atoms with Crippen LogP contribution in [0.5, 0.6) is 0 Å². The summed E-state index contributed by atoms with van der Waals surface area (Å²) in [6.45, 7) is 0.139. The second-order valence-electron chi connectivity index (χ2n) is 5.29. The molecule has 3 N–H and O–H groups in total. The summed E-state index contributed by atoms with van der Waals surface area (Å²) in [5.74, 6) is -0.808. The quantitative estimate of drug-likeness (QED) is 0.417. The lowest BCUT2D eigenvalue weighted by Gasteiger charge is -2.16. The predicted octanol–water partition coefficient (Wildman–Crippen LogP) is 2.65. The van der Waals surface area contributed by atoms with E-state index in [1.807, 2.05) is 30.3 Å². The molecule has 0 aliphatic rings. The molecule has 2 unspecified atom stereocenters. The largest absolute Gasteiger partial charge is 0.329 e. The molecule has 0 aliphatic heterocycles. The molecule has 1 amide bonds. The van der Waals surface area contributed by atoms with Gasteiger partial charge in [-0.25, -0.2) is 0 Å². The van der Waals surface area contributed by atoms with Crippen molar-refractivity contribution in [1.82, 2.24) is 0 Å². The summed E-state index contributed by atoms with van der Waals surface area (Å²) in [4.78, 5) is 33.6. The summed E-state index contributed by atoms with van der Waals surface area (Å²) >= 11 is 3.27. The normalized spacial score (nSPS) is 12.9. The van der Waals surface area contributed by atoms with Gasteiger partial charge >= 0.3 is 0 Å². The van der Waals surface area contributed by atoms with Crippen LogP contribution in [0.15, 0.2) is 53.0 Å². The molecule has 0 spiro atoms. The molecule has 7 nitrogen and oxygen atoms in total. The van der Waals surface area contributed by atoms with Crippen LogP contribution in [0.4, 0.5) is 5.69 Å². The van der Waals surface area contributed by atoms with Crippen LogP contribution < -0.4 is 11.1 Å². The third-order valence-electron chi connectivity index (χ3n) is 3.70. The highest BCUT2D eigenvalue weighted by Gasteiger charge is 2.24. The van der Waals surface area contributed by atoms with E-state index in [0.29, 0.717) is 10.2 Å². The molecule has 2 rings (SSSR count). The highest BCUT2D eigenvalue weighted by molar-refractivity contribution is 9.10. The zero-order valence-corrected chi connectivity index (χ0v) is 14.7. The zero-order valence-electron chi connectivity index (χ0n) is 13.1. The number of nitrogens with two attached hydrogens (primary N) is 1. The van der Waals surface area contributed by atoms with E-state index in [-0.39, 0.29) is 24.3 Å². The average Bonchev–Trinajstić information content (AvgIpc) is 2.59. The number of carbonyl (C=O) groups excluding carboxylic acids is 2. The molecule has 0 radical (unpaired) electrons. The molecule has 0 bridgehead atoms. The average molecular weight is 406 g/mol. The van der Waals surface area contributed by atoms with Crippen molar-refractivity contribution in [2.45, 2.75) is 12.0 Å². The maximum atomic E-state index is 12.5. The van der Waals surface area contributed by atoms with Crippen LogP contribution in [0.3, 0.4) is 0 Å². The second-order valence-corrected chi connectivity index (χ2v) is 6.15. The van der Waals surface area contributed by atoms with E-state index in [0.717, 1.165) is 5.56 Å². The van der Waals surface area contributed by atoms with Gasteiger partial charge in [-0.05, 0) is 39.7 Å². The van der Waals surface area contributed by atoms with Crippen LogP contribution in [0.2, 0.25) is 0 Å². The van der Waals surface area contributed by atoms with Gasteiger partial charge in [-0.3, -0.25) is 19.7 Å². The highest BCUT2D eigenvalue weighted by Crippen LogP contribution is 2.28. The molecule has 2 aromatic carbocycles. The van der Waals surface area contributed by atoms with Gasteiger partial charge in [0, 0.05) is 21.5 Å². The van der Waals surface area contributed by atoms with Gasteiger partial charge in [-0.2, -0.15) is 0 Å². The van der Waals surface area contributed by atoms with Crippen molar-refractivity contribution in [3.8, 4) is 0 Å². The Morgan fingerprint density at radius 3 is 2.44 bits per heavy atom. The van der Waals surface area contributed by atoms with Crippen molar-refractivity contribution in [3.63, 3.8) is 0 Å². The van der Waals surface area contributed by atoms with Crippen LogP contribution in [0, 0.1) is 10.1 Å². The van der Waals surface area contributed by atoms with E-state index in [1.165, 1.54) is 18.2 Å². The number of nitro groups is 1. The van der Waals surface area contributed by atoms with E-state index in [9.17, 15) is 19.7 Å². The van der Waals surface area contributed by atoms with Gasteiger partial charge in [-0.1, -0.05) is 30.3 Å². The van der Waals surface area contributed by atoms with Crippen LogP contribution >= 0.6 is 15.9 Å². The Morgan fingerprint density at radius 2 is 1.92 bits per heavy atom. The molecule has 0 aliphatic carbocycles. The Balaban J connectivity index is 2.21. The van der Waals surface area contributed by atoms with Crippen molar-refractivity contribution in [3.05, 3.63) is 74.2 Å². The minimum absolute atomic E-state index is 0.139. The summed E-state index contributed by atoms with van der Waals surface area (Å²) in [5.41, 5.74) is 7.19. The first kappa shape index (κ1) is 18.8. The van der Waals surface area contributed by atoms with Crippen molar-refractivity contribution in [1.29, 1.82) is 0 Å². The molecule has 0 fully saturated rings. The lowest BCUT2D eigenvalue weighted by Crippen LogP contribution is -2.27. The number of anilines is 1. The number of amides is 1. The van der Waals surface area contributed by atoms with E-state index in [4.69, 9.17) is 5.73 Å². The Bertz CT molecular complexity index is 783. The molecule has 8 heteroatoms. The zero-order chi connectivity index (χ0) is 18.4. The van der Waals surface area contributed by atoms with Crippen molar-refractivity contribution >= 4 is 33.8 Å². The van der Waals surface area contributed by atoms with Gasteiger partial charge in [-0.15, -0.1) is 0 Å². The third-order valence-corrected chi connectivity index (χ3v) is 4.36. The van der Waals surface area contributed by atoms with Crippen molar-refractivity contribution < 1.29 is 14.5 Å². The lowest BCUT2D eigenvalue weighted by atomic mass is 9.98. The van der Waals surface area contributed by atoms with Gasteiger partial charge in [0.1, 0.15) is 0 Å². The lowest BCUT2D eigenvalue weighted by molar-refractivity contribution is -0.511. The molecule has 0 saturated carbocycles. The highest BCUT2D eigenvalue weighted by atomic mass is 79.9. The minimum Gasteiger partial charge on any atom is -0.329 e. The first-order chi connectivity index (χ1) is 12.0. The molecule has 130 valence electrons.